The molecule has 0 aliphatic carbocycles. The quantitative estimate of drug-likeness (QED) is 0.754. The molecule has 2 heterocycles. The average Bonchev–Trinajstić information content (AvgIpc) is 2.93. The zero-order valence-electron chi connectivity index (χ0n) is 10.0. The Morgan fingerprint density at radius 2 is 2.35 bits per heavy atom. The summed E-state index contributed by atoms with van der Waals surface area (Å²) in [5.41, 5.74) is 0. The fourth-order valence-electron chi connectivity index (χ4n) is 2.35. The summed E-state index contributed by atoms with van der Waals surface area (Å²) in [7, 11) is 0. The Balaban J connectivity index is 1.92. The maximum Gasteiger partial charge on any atom is 0.222 e. The number of amides is 1. The third kappa shape index (κ3) is 2.75. The molecule has 1 amide bonds. The number of likely N-dealkylation sites (tertiary alicyclic amines) is 1. The van der Waals surface area contributed by atoms with Gasteiger partial charge in [-0.3, -0.25) is 9.59 Å². The molecule has 0 bridgehead atoms. The highest BCUT2D eigenvalue weighted by Crippen LogP contribution is 2.22. The topological polar surface area (TPSA) is 37.4 Å². The maximum atomic E-state index is 11.7. The lowest BCUT2D eigenvalue weighted by atomic mass is 10.1. The van der Waals surface area contributed by atoms with E-state index in [-0.39, 0.29) is 5.91 Å². The second-order valence-electron chi connectivity index (χ2n) is 4.36. The maximum absolute atomic E-state index is 11.7. The molecule has 1 aromatic rings. The summed E-state index contributed by atoms with van der Waals surface area (Å²) in [5.74, 6) is 0.281. The van der Waals surface area contributed by atoms with Gasteiger partial charge < -0.3 is 4.90 Å². The molecule has 1 saturated heterocycles. The van der Waals surface area contributed by atoms with Crippen LogP contribution in [0.15, 0.2) is 12.1 Å². The molecule has 3 nitrogen and oxygen atoms in total. The van der Waals surface area contributed by atoms with Crippen LogP contribution in [0.25, 0.3) is 0 Å². The van der Waals surface area contributed by atoms with Gasteiger partial charge in [0.25, 0.3) is 0 Å². The van der Waals surface area contributed by atoms with Crippen LogP contribution in [-0.2, 0) is 11.2 Å². The number of aldehydes is 1. The van der Waals surface area contributed by atoms with Crippen molar-refractivity contribution in [3.63, 3.8) is 0 Å². The van der Waals surface area contributed by atoms with Crippen molar-refractivity contribution in [1.29, 1.82) is 0 Å². The van der Waals surface area contributed by atoms with Crippen LogP contribution in [0, 0.1) is 0 Å². The van der Waals surface area contributed by atoms with Gasteiger partial charge in [0.2, 0.25) is 5.91 Å². The van der Waals surface area contributed by atoms with Crippen molar-refractivity contribution >= 4 is 23.5 Å². The minimum absolute atomic E-state index is 0.281. The minimum Gasteiger partial charge on any atom is -0.339 e. The third-order valence-electron chi connectivity index (χ3n) is 3.32. The molecule has 92 valence electrons. The SMILES string of the molecule is CCC1CCC(=O)N1CCc1ccc(C=O)s1. The normalized spacial score (nSPS) is 19.9. The first-order chi connectivity index (χ1) is 8.24. The number of carbonyl (C=O) groups is 2. The standard InChI is InChI=1S/C13H17NO2S/c1-2-10-3-6-13(16)14(10)8-7-11-4-5-12(9-15)17-11/h4-5,9-10H,2-3,6-8H2,1H3. The summed E-state index contributed by atoms with van der Waals surface area (Å²) in [4.78, 5) is 26.2. The van der Waals surface area contributed by atoms with Gasteiger partial charge in [0.15, 0.2) is 6.29 Å². The molecular weight excluding hydrogens is 234 g/mol. The highest BCUT2D eigenvalue weighted by molar-refractivity contribution is 7.13. The lowest BCUT2D eigenvalue weighted by Gasteiger charge is -2.23. The van der Waals surface area contributed by atoms with E-state index in [0.717, 1.165) is 37.0 Å². The van der Waals surface area contributed by atoms with E-state index < -0.39 is 0 Å². The molecule has 17 heavy (non-hydrogen) atoms. The molecule has 1 aromatic heterocycles. The van der Waals surface area contributed by atoms with Crippen LogP contribution < -0.4 is 0 Å². The van der Waals surface area contributed by atoms with Crippen molar-refractivity contribution in [3.8, 4) is 0 Å². The molecule has 0 aromatic carbocycles. The van der Waals surface area contributed by atoms with Gasteiger partial charge in [-0.2, -0.15) is 0 Å². The van der Waals surface area contributed by atoms with Gasteiger partial charge in [-0.25, -0.2) is 0 Å². The Kier molecular flexibility index (Phi) is 3.94. The van der Waals surface area contributed by atoms with E-state index in [1.807, 2.05) is 17.0 Å². The van der Waals surface area contributed by atoms with E-state index in [9.17, 15) is 9.59 Å². The highest BCUT2D eigenvalue weighted by atomic mass is 32.1. The first-order valence-corrected chi connectivity index (χ1v) is 6.89. The zero-order valence-corrected chi connectivity index (χ0v) is 10.8. The van der Waals surface area contributed by atoms with E-state index in [0.29, 0.717) is 12.5 Å². The summed E-state index contributed by atoms with van der Waals surface area (Å²) in [6, 6.07) is 4.25. The smallest absolute Gasteiger partial charge is 0.222 e. The molecule has 0 spiro atoms. The van der Waals surface area contributed by atoms with Gasteiger partial charge in [-0.05, 0) is 31.4 Å². The Morgan fingerprint density at radius 3 is 3.00 bits per heavy atom. The van der Waals surface area contributed by atoms with Gasteiger partial charge in [0.1, 0.15) is 0 Å². The van der Waals surface area contributed by atoms with Crippen LogP contribution in [-0.4, -0.2) is 29.7 Å². The number of hydrogen-bond donors (Lipinski definition) is 0. The minimum atomic E-state index is 0.281. The van der Waals surface area contributed by atoms with Crippen LogP contribution in [0.4, 0.5) is 0 Å². The largest absolute Gasteiger partial charge is 0.339 e. The lowest BCUT2D eigenvalue weighted by Crippen LogP contribution is -2.34. The van der Waals surface area contributed by atoms with E-state index >= 15 is 0 Å². The van der Waals surface area contributed by atoms with Gasteiger partial charge >= 0.3 is 0 Å². The molecule has 4 heteroatoms. The summed E-state index contributed by atoms with van der Waals surface area (Å²) >= 11 is 1.52. The molecule has 1 fully saturated rings. The monoisotopic (exact) mass is 251 g/mol. The van der Waals surface area contributed by atoms with E-state index in [1.54, 1.807) is 0 Å². The van der Waals surface area contributed by atoms with E-state index in [1.165, 1.54) is 16.2 Å². The summed E-state index contributed by atoms with van der Waals surface area (Å²) in [6.07, 6.45) is 4.47. The van der Waals surface area contributed by atoms with Crippen molar-refractivity contribution in [2.75, 3.05) is 6.54 Å². The van der Waals surface area contributed by atoms with Crippen molar-refractivity contribution < 1.29 is 9.59 Å². The van der Waals surface area contributed by atoms with Gasteiger partial charge in [0, 0.05) is 23.9 Å². The Morgan fingerprint density at radius 1 is 1.53 bits per heavy atom. The van der Waals surface area contributed by atoms with Crippen molar-refractivity contribution in [1.82, 2.24) is 4.90 Å². The zero-order chi connectivity index (χ0) is 12.3. The van der Waals surface area contributed by atoms with Crippen LogP contribution in [0.1, 0.15) is 40.7 Å². The Hall–Kier alpha value is -1.16. The van der Waals surface area contributed by atoms with Crippen molar-refractivity contribution in [2.45, 2.75) is 38.6 Å². The van der Waals surface area contributed by atoms with Crippen molar-refractivity contribution in [3.05, 3.63) is 21.9 Å². The fraction of sp³-hybridized carbons (Fsp3) is 0.538. The predicted octanol–water partition coefficient (Wildman–Crippen LogP) is 2.50. The molecule has 1 unspecified atom stereocenters. The lowest BCUT2D eigenvalue weighted by molar-refractivity contribution is -0.128. The summed E-state index contributed by atoms with van der Waals surface area (Å²) in [6.45, 7) is 2.92. The average molecular weight is 251 g/mol. The van der Waals surface area contributed by atoms with E-state index in [2.05, 4.69) is 6.92 Å². The molecule has 1 atom stereocenters. The number of carbonyl (C=O) groups excluding carboxylic acids is 2. The van der Waals surface area contributed by atoms with Crippen LogP contribution >= 0.6 is 11.3 Å². The molecule has 0 saturated carbocycles. The number of nitrogens with zero attached hydrogens (tertiary/aromatic N) is 1. The van der Waals surface area contributed by atoms with Crippen LogP contribution in [0.2, 0.25) is 0 Å². The first kappa shape index (κ1) is 12.3. The molecule has 0 radical (unpaired) electrons. The highest BCUT2D eigenvalue weighted by Gasteiger charge is 2.28. The van der Waals surface area contributed by atoms with Gasteiger partial charge in [-0.1, -0.05) is 6.92 Å². The summed E-state index contributed by atoms with van der Waals surface area (Å²) < 4.78 is 0. The van der Waals surface area contributed by atoms with Crippen molar-refractivity contribution in [2.24, 2.45) is 0 Å². The van der Waals surface area contributed by atoms with Gasteiger partial charge in [0.05, 0.1) is 4.88 Å². The second-order valence-corrected chi connectivity index (χ2v) is 5.56. The predicted molar refractivity (Wildman–Crippen MR) is 68.4 cm³/mol. The molecule has 2 rings (SSSR count). The number of thiophene rings is 1. The molecular formula is C13H17NO2S. The third-order valence-corrected chi connectivity index (χ3v) is 4.39. The Bertz CT molecular complexity index is 413. The van der Waals surface area contributed by atoms with Crippen LogP contribution in [0.5, 0.6) is 0 Å². The number of hydrogen-bond acceptors (Lipinski definition) is 3. The fourth-order valence-corrected chi connectivity index (χ4v) is 3.16. The van der Waals surface area contributed by atoms with Crippen LogP contribution in [0.3, 0.4) is 0 Å². The van der Waals surface area contributed by atoms with Gasteiger partial charge in [-0.15, -0.1) is 11.3 Å². The molecule has 0 N–H and O–H groups in total. The molecule has 1 aliphatic heterocycles. The van der Waals surface area contributed by atoms with E-state index in [4.69, 9.17) is 0 Å². The molecule has 1 aliphatic rings. The Labute approximate surface area is 105 Å². The second kappa shape index (κ2) is 5.45. The summed E-state index contributed by atoms with van der Waals surface area (Å²) in [5, 5.41) is 0. The first-order valence-electron chi connectivity index (χ1n) is 6.08. The number of rotatable bonds is 5.